The third kappa shape index (κ3) is 4.25. The van der Waals surface area contributed by atoms with E-state index in [4.69, 9.17) is 21.1 Å². The third-order valence-corrected chi connectivity index (χ3v) is 3.29. The lowest BCUT2D eigenvalue weighted by atomic mass is 10.2. The molecular formula is C15H12BrClO3. The lowest BCUT2D eigenvalue weighted by molar-refractivity contribution is 0.111. The van der Waals surface area contributed by atoms with Crippen molar-refractivity contribution < 1.29 is 14.3 Å². The zero-order chi connectivity index (χ0) is 14.4. The van der Waals surface area contributed by atoms with Gasteiger partial charge in [0.1, 0.15) is 24.7 Å². The quantitative estimate of drug-likeness (QED) is 0.570. The standard InChI is InChI=1S/C15H12BrClO3/c16-12-1-4-14(5-2-12)19-7-8-20-15-6-3-13(17)9-11(15)10-18/h1-6,9-10H,7-8H2. The van der Waals surface area contributed by atoms with Crippen LogP contribution < -0.4 is 9.47 Å². The fourth-order valence-corrected chi connectivity index (χ4v) is 2.03. The molecule has 5 heteroatoms. The van der Waals surface area contributed by atoms with Crippen molar-refractivity contribution in [1.82, 2.24) is 0 Å². The highest BCUT2D eigenvalue weighted by atomic mass is 79.9. The van der Waals surface area contributed by atoms with Gasteiger partial charge >= 0.3 is 0 Å². The molecule has 0 N–H and O–H groups in total. The van der Waals surface area contributed by atoms with E-state index in [-0.39, 0.29) is 0 Å². The van der Waals surface area contributed by atoms with Crippen LogP contribution in [-0.2, 0) is 0 Å². The Morgan fingerprint density at radius 2 is 1.75 bits per heavy atom. The number of aldehydes is 1. The molecule has 2 aromatic rings. The average molecular weight is 356 g/mol. The van der Waals surface area contributed by atoms with Gasteiger partial charge in [0.2, 0.25) is 0 Å². The van der Waals surface area contributed by atoms with E-state index in [0.717, 1.165) is 16.5 Å². The molecule has 0 spiro atoms. The highest BCUT2D eigenvalue weighted by Gasteiger charge is 2.04. The van der Waals surface area contributed by atoms with Crippen LogP contribution in [0, 0.1) is 0 Å². The van der Waals surface area contributed by atoms with Gasteiger partial charge in [0.05, 0.1) is 5.56 Å². The third-order valence-electron chi connectivity index (χ3n) is 2.52. The lowest BCUT2D eigenvalue weighted by Gasteiger charge is -2.10. The molecule has 2 aromatic carbocycles. The first-order chi connectivity index (χ1) is 9.69. The zero-order valence-corrected chi connectivity index (χ0v) is 12.9. The molecule has 0 aliphatic carbocycles. The van der Waals surface area contributed by atoms with Crippen molar-refractivity contribution in [3.8, 4) is 11.5 Å². The summed E-state index contributed by atoms with van der Waals surface area (Å²) in [5, 5.41) is 0.505. The molecule has 3 nitrogen and oxygen atoms in total. The van der Waals surface area contributed by atoms with E-state index in [9.17, 15) is 4.79 Å². The number of ether oxygens (including phenoxy) is 2. The highest BCUT2D eigenvalue weighted by Crippen LogP contribution is 2.21. The fourth-order valence-electron chi connectivity index (χ4n) is 1.58. The molecule has 0 atom stereocenters. The minimum absolute atomic E-state index is 0.346. The van der Waals surface area contributed by atoms with Crippen LogP contribution in [0.1, 0.15) is 10.4 Å². The van der Waals surface area contributed by atoms with E-state index in [1.807, 2.05) is 24.3 Å². The van der Waals surface area contributed by atoms with Crippen molar-refractivity contribution in [1.29, 1.82) is 0 Å². The summed E-state index contributed by atoms with van der Waals surface area (Å²) in [5.74, 6) is 1.27. The van der Waals surface area contributed by atoms with Crippen LogP contribution in [0.2, 0.25) is 5.02 Å². The van der Waals surface area contributed by atoms with Crippen molar-refractivity contribution >= 4 is 33.8 Å². The largest absolute Gasteiger partial charge is 0.490 e. The highest BCUT2D eigenvalue weighted by molar-refractivity contribution is 9.10. The number of carbonyl (C=O) groups is 1. The van der Waals surface area contributed by atoms with Crippen LogP contribution >= 0.6 is 27.5 Å². The molecule has 0 aliphatic rings. The second kappa shape index (κ2) is 7.31. The van der Waals surface area contributed by atoms with E-state index < -0.39 is 0 Å². The van der Waals surface area contributed by atoms with Gasteiger partial charge in [-0.15, -0.1) is 0 Å². The molecular weight excluding hydrogens is 344 g/mol. The maximum atomic E-state index is 10.9. The van der Waals surface area contributed by atoms with Gasteiger partial charge in [-0.1, -0.05) is 27.5 Å². The first-order valence-corrected chi connectivity index (χ1v) is 7.12. The zero-order valence-electron chi connectivity index (χ0n) is 10.5. The van der Waals surface area contributed by atoms with Gasteiger partial charge in [-0.3, -0.25) is 4.79 Å². The van der Waals surface area contributed by atoms with Crippen molar-refractivity contribution in [3.05, 3.63) is 57.5 Å². The minimum Gasteiger partial charge on any atom is -0.490 e. The number of hydrogen-bond donors (Lipinski definition) is 0. The van der Waals surface area contributed by atoms with Gasteiger partial charge in [-0.05, 0) is 42.5 Å². The Kier molecular flexibility index (Phi) is 5.44. The number of rotatable bonds is 6. The number of benzene rings is 2. The Hall–Kier alpha value is -1.52. The predicted molar refractivity (Wildman–Crippen MR) is 82.0 cm³/mol. The summed E-state index contributed by atoms with van der Waals surface area (Å²) in [6.07, 6.45) is 0.719. The summed E-state index contributed by atoms with van der Waals surface area (Å²) in [5.41, 5.74) is 0.432. The molecule has 0 aromatic heterocycles. The van der Waals surface area contributed by atoms with Gasteiger partial charge in [-0.25, -0.2) is 0 Å². The van der Waals surface area contributed by atoms with Crippen molar-refractivity contribution in [2.24, 2.45) is 0 Å². The Morgan fingerprint density at radius 1 is 1.05 bits per heavy atom. The average Bonchev–Trinajstić information content (AvgIpc) is 2.46. The van der Waals surface area contributed by atoms with Gasteiger partial charge in [0.15, 0.2) is 6.29 Å². The molecule has 0 aliphatic heterocycles. The normalized spacial score (nSPS) is 10.1. The molecule has 0 saturated heterocycles. The van der Waals surface area contributed by atoms with Gasteiger partial charge in [-0.2, -0.15) is 0 Å². The molecule has 20 heavy (non-hydrogen) atoms. The Balaban J connectivity index is 1.84. The van der Waals surface area contributed by atoms with E-state index in [2.05, 4.69) is 15.9 Å². The predicted octanol–water partition coefficient (Wildman–Crippen LogP) is 4.37. The molecule has 0 fully saturated rings. The Bertz CT molecular complexity index is 584. The summed E-state index contributed by atoms with van der Waals surface area (Å²) < 4.78 is 12.0. The molecule has 0 saturated carbocycles. The molecule has 0 heterocycles. The van der Waals surface area contributed by atoms with Crippen molar-refractivity contribution in [3.63, 3.8) is 0 Å². The molecule has 104 valence electrons. The van der Waals surface area contributed by atoms with Gasteiger partial charge in [0.25, 0.3) is 0 Å². The summed E-state index contributed by atoms with van der Waals surface area (Å²) >= 11 is 9.16. The number of hydrogen-bond acceptors (Lipinski definition) is 3. The van der Waals surface area contributed by atoms with Gasteiger partial charge < -0.3 is 9.47 Å². The fraction of sp³-hybridized carbons (Fsp3) is 0.133. The number of carbonyl (C=O) groups excluding carboxylic acids is 1. The van der Waals surface area contributed by atoms with Crippen LogP contribution in [0.5, 0.6) is 11.5 Å². The second-order valence-electron chi connectivity index (χ2n) is 3.95. The van der Waals surface area contributed by atoms with Crippen LogP contribution in [0.4, 0.5) is 0 Å². The first kappa shape index (κ1) is 14.9. The Morgan fingerprint density at radius 3 is 2.45 bits per heavy atom. The van der Waals surface area contributed by atoms with Gasteiger partial charge in [0, 0.05) is 9.50 Å². The Labute approximate surface area is 130 Å². The summed E-state index contributed by atoms with van der Waals surface area (Å²) in [7, 11) is 0. The molecule has 2 rings (SSSR count). The van der Waals surface area contributed by atoms with Crippen LogP contribution in [0.25, 0.3) is 0 Å². The SMILES string of the molecule is O=Cc1cc(Cl)ccc1OCCOc1ccc(Br)cc1. The van der Waals surface area contributed by atoms with Crippen LogP contribution in [0.15, 0.2) is 46.9 Å². The number of halogens is 2. The van der Waals surface area contributed by atoms with Crippen LogP contribution in [0.3, 0.4) is 0 Å². The molecule has 0 bridgehead atoms. The maximum absolute atomic E-state index is 10.9. The maximum Gasteiger partial charge on any atom is 0.153 e. The lowest BCUT2D eigenvalue weighted by Crippen LogP contribution is -2.09. The van der Waals surface area contributed by atoms with E-state index in [1.165, 1.54) is 0 Å². The second-order valence-corrected chi connectivity index (χ2v) is 5.30. The molecule has 0 radical (unpaired) electrons. The van der Waals surface area contributed by atoms with Crippen LogP contribution in [-0.4, -0.2) is 19.5 Å². The van der Waals surface area contributed by atoms with E-state index in [0.29, 0.717) is 29.5 Å². The summed E-state index contributed by atoms with van der Waals surface area (Å²) in [4.78, 5) is 10.9. The minimum atomic E-state index is 0.346. The smallest absolute Gasteiger partial charge is 0.153 e. The van der Waals surface area contributed by atoms with Crippen molar-refractivity contribution in [2.75, 3.05) is 13.2 Å². The first-order valence-electron chi connectivity index (χ1n) is 5.95. The monoisotopic (exact) mass is 354 g/mol. The molecule has 0 unspecified atom stereocenters. The molecule has 0 amide bonds. The topological polar surface area (TPSA) is 35.5 Å². The van der Waals surface area contributed by atoms with Crippen molar-refractivity contribution in [2.45, 2.75) is 0 Å². The summed E-state index contributed by atoms with van der Waals surface area (Å²) in [6, 6.07) is 12.5. The van der Waals surface area contributed by atoms with E-state index in [1.54, 1.807) is 18.2 Å². The van der Waals surface area contributed by atoms with E-state index >= 15 is 0 Å². The summed E-state index contributed by atoms with van der Waals surface area (Å²) in [6.45, 7) is 0.737.